The van der Waals surface area contributed by atoms with Crippen LogP contribution in [0.3, 0.4) is 0 Å². The summed E-state index contributed by atoms with van der Waals surface area (Å²) in [6.07, 6.45) is 0. The van der Waals surface area contributed by atoms with Crippen LogP contribution in [-0.4, -0.2) is 49.2 Å². The van der Waals surface area contributed by atoms with Crippen molar-refractivity contribution in [1.82, 2.24) is 19.6 Å². The Morgan fingerprint density at radius 1 is 0.900 bits per heavy atom. The Balaban J connectivity index is 1.76. The number of rotatable bonds is 7. The van der Waals surface area contributed by atoms with Gasteiger partial charge in [-0.25, -0.2) is 14.7 Å². The van der Waals surface area contributed by atoms with E-state index in [1.54, 1.807) is 44.4 Å². The van der Waals surface area contributed by atoms with E-state index in [2.05, 4.69) is 9.97 Å². The van der Waals surface area contributed by atoms with Crippen molar-refractivity contribution < 1.29 is 22.7 Å². The quantitative estimate of drug-likeness (QED) is 0.342. The highest BCUT2D eigenvalue weighted by molar-refractivity contribution is 7.90. The number of ether oxygens (including phenoxy) is 1. The van der Waals surface area contributed by atoms with Crippen molar-refractivity contribution in [2.75, 3.05) is 19.8 Å². The summed E-state index contributed by atoms with van der Waals surface area (Å²) in [6.45, 7) is 5.70. The van der Waals surface area contributed by atoms with Gasteiger partial charge in [-0.1, -0.05) is 35.9 Å². The number of nitrogens with one attached hydrogen (secondary N) is 1. The van der Waals surface area contributed by atoms with Crippen LogP contribution in [0.5, 0.6) is 11.6 Å². The van der Waals surface area contributed by atoms with Crippen LogP contribution in [0.15, 0.2) is 71.8 Å². The van der Waals surface area contributed by atoms with Gasteiger partial charge in [0.1, 0.15) is 17.1 Å². The van der Waals surface area contributed by atoms with Gasteiger partial charge in [0, 0.05) is 25.2 Å². The van der Waals surface area contributed by atoms with Gasteiger partial charge in [-0.2, -0.15) is 8.42 Å². The predicted molar refractivity (Wildman–Crippen MR) is 152 cm³/mol. The first-order valence-electron chi connectivity index (χ1n) is 12.2. The molecule has 0 fully saturated rings. The van der Waals surface area contributed by atoms with Crippen LogP contribution in [0.2, 0.25) is 0 Å². The zero-order chi connectivity index (χ0) is 29.2. The summed E-state index contributed by atoms with van der Waals surface area (Å²) in [5, 5.41) is -0.398. The van der Waals surface area contributed by atoms with Crippen LogP contribution in [0.25, 0.3) is 11.3 Å². The Morgan fingerprint density at radius 3 is 2.15 bits per heavy atom. The lowest BCUT2D eigenvalue weighted by Crippen LogP contribution is -2.31. The third-order valence-corrected chi connectivity index (χ3v) is 7.22. The summed E-state index contributed by atoms with van der Waals surface area (Å²) in [6, 6.07) is 17.8. The van der Waals surface area contributed by atoms with E-state index in [-0.39, 0.29) is 23.2 Å². The van der Waals surface area contributed by atoms with Gasteiger partial charge in [0.25, 0.3) is 21.8 Å². The molecule has 4 aromatic rings. The molecule has 40 heavy (non-hydrogen) atoms. The van der Waals surface area contributed by atoms with E-state index in [1.807, 2.05) is 37.6 Å². The third-order valence-electron chi connectivity index (χ3n) is 5.99. The van der Waals surface area contributed by atoms with Crippen molar-refractivity contribution >= 4 is 27.7 Å². The van der Waals surface area contributed by atoms with Gasteiger partial charge in [-0.05, 0) is 68.3 Å². The number of carbonyl (C=O) groups is 2. The second-order valence-corrected chi connectivity index (χ2v) is 11.1. The number of aryl methyl sites for hydroxylation is 3. The van der Waals surface area contributed by atoms with Gasteiger partial charge < -0.3 is 15.4 Å². The summed E-state index contributed by atoms with van der Waals surface area (Å²) in [7, 11) is -0.994. The smallest absolute Gasteiger partial charge is 0.281 e. The number of hydrogen-bond donors (Lipinski definition) is 2. The minimum Gasteiger partial charge on any atom is -0.438 e. The van der Waals surface area contributed by atoms with Crippen molar-refractivity contribution in [3.05, 3.63) is 94.5 Å². The predicted octanol–water partition coefficient (Wildman–Crippen LogP) is 4.26. The fourth-order valence-corrected chi connectivity index (χ4v) is 5.07. The number of hydrogen-bond acceptors (Lipinski definition) is 8. The molecule has 0 aliphatic carbocycles. The highest BCUT2D eigenvalue weighted by Gasteiger charge is 2.25. The molecular weight excluding hydrogens is 530 g/mol. The van der Waals surface area contributed by atoms with Crippen LogP contribution < -0.4 is 15.2 Å². The number of nitrogens with zero attached hydrogens (tertiary/aromatic N) is 3. The highest BCUT2D eigenvalue weighted by Crippen LogP contribution is 2.32. The normalized spacial score (nSPS) is 11.1. The maximum atomic E-state index is 13.3. The fraction of sp³-hybridized carbons (Fsp3) is 0.172. The summed E-state index contributed by atoms with van der Waals surface area (Å²) < 4.78 is 33.9. The summed E-state index contributed by atoms with van der Waals surface area (Å²) in [4.78, 5) is 35.4. The Morgan fingerprint density at radius 2 is 1.55 bits per heavy atom. The van der Waals surface area contributed by atoms with E-state index in [9.17, 15) is 18.0 Å². The Hall–Kier alpha value is -4.77. The Labute approximate surface area is 232 Å². The zero-order valence-electron chi connectivity index (χ0n) is 22.7. The van der Waals surface area contributed by atoms with Crippen LogP contribution in [0.1, 0.15) is 37.4 Å². The second kappa shape index (κ2) is 11.1. The van der Waals surface area contributed by atoms with Gasteiger partial charge in [-0.15, -0.1) is 0 Å². The number of anilines is 1. The second-order valence-electron chi connectivity index (χ2n) is 9.49. The van der Waals surface area contributed by atoms with Crippen LogP contribution in [-0.2, 0) is 10.0 Å². The number of pyridine rings is 2. The van der Waals surface area contributed by atoms with E-state index >= 15 is 0 Å². The number of sulfonamides is 1. The molecule has 206 valence electrons. The monoisotopic (exact) mass is 559 g/mol. The topological polar surface area (TPSA) is 145 Å². The van der Waals surface area contributed by atoms with Crippen molar-refractivity contribution in [3.8, 4) is 22.9 Å². The Bertz CT molecular complexity index is 1690. The SMILES string of the molecule is Cc1cc(C)c(Oc2nc(-c3ccc(C(=O)N(C)C)cc3)ccc2C(=O)NS(=O)(=O)c2cccc(N)n2)c(C)c1. The molecule has 2 aromatic carbocycles. The summed E-state index contributed by atoms with van der Waals surface area (Å²) in [5.74, 6) is -0.691. The highest BCUT2D eigenvalue weighted by atomic mass is 32.2. The standard InChI is InChI=1S/C29H29N5O5S/c1-17-15-18(2)26(19(3)16-17)39-28-22(27(35)33-40(37,38)25-8-6-7-24(30)32-25)13-14-23(31-28)20-9-11-21(12-10-20)29(36)34(4)5/h6-16H,1-5H3,(H2,30,32)(H,33,35). The molecule has 0 radical (unpaired) electrons. The van der Waals surface area contributed by atoms with E-state index in [4.69, 9.17) is 10.5 Å². The van der Waals surface area contributed by atoms with Crippen molar-refractivity contribution in [2.45, 2.75) is 25.8 Å². The van der Waals surface area contributed by atoms with Gasteiger partial charge in [0.2, 0.25) is 5.88 Å². The van der Waals surface area contributed by atoms with Crippen molar-refractivity contribution in [2.24, 2.45) is 0 Å². The van der Waals surface area contributed by atoms with Crippen LogP contribution in [0, 0.1) is 20.8 Å². The molecule has 11 heteroatoms. The van der Waals surface area contributed by atoms with Gasteiger partial charge >= 0.3 is 0 Å². The van der Waals surface area contributed by atoms with Crippen molar-refractivity contribution in [3.63, 3.8) is 0 Å². The number of benzene rings is 2. The molecule has 2 amide bonds. The zero-order valence-corrected chi connectivity index (χ0v) is 23.5. The Kier molecular flexibility index (Phi) is 7.87. The lowest BCUT2D eigenvalue weighted by molar-refractivity contribution is 0.0827. The maximum absolute atomic E-state index is 13.3. The number of nitrogens with two attached hydrogens (primary N) is 1. The average molecular weight is 560 g/mol. The molecule has 2 aromatic heterocycles. The van der Waals surface area contributed by atoms with E-state index in [1.165, 1.54) is 29.2 Å². The van der Waals surface area contributed by atoms with Crippen molar-refractivity contribution in [1.29, 1.82) is 0 Å². The first kappa shape index (κ1) is 28.2. The first-order valence-corrected chi connectivity index (χ1v) is 13.7. The summed E-state index contributed by atoms with van der Waals surface area (Å²) >= 11 is 0. The molecule has 0 bridgehead atoms. The lowest BCUT2D eigenvalue weighted by atomic mass is 10.1. The van der Waals surface area contributed by atoms with Gasteiger partial charge in [0.05, 0.1) is 5.69 Å². The third kappa shape index (κ3) is 6.10. The fourth-order valence-electron chi connectivity index (χ4n) is 4.13. The molecule has 4 rings (SSSR count). The number of nitrogen functional groups attached to an aromatic ring is 1. The molecule has 3 N–H and O–H groups in total. The molecule has 0 aliphatic heterocycles. The van der Waals surface area contributed by atoms with E-state index in [0.29, 0.717) is 22.6 Å². The van der Waals surface area contributed by atoms with Crippen LogP contribution >= 0.6 is 0 Å². The minimum absolute atomic E-state index is 0.00557. The molecule has 0 spiro atoms. The molecule has 0 unspecified atom stereocenters. The molecule has 2 heterocycles. The molecular formula is C29H29N5O5S. The first-order chi connectivity index (χ1) is 18.9. The molecule has 0 saturated carbocycles. The molecule has 10 nitrogen and oxygen atoms in total. The summed E-state index contributed by atoms with van der Waals surface area (Å²) in [5.41, 5.74) is 9.82. The number of carbonyl (C=O) groups excluding carboxylic acids is 2. The number of amides is 2. The minimum atomic E-state index is -4.33. The van der Waals surface area contributed by atoms with Gasteiger partial charge in [0.15, 0.2) is 5.03 Å². The van der Waals surface area contributed by atoms with E-state index in [0.717, 1.165) is 16.7 Å². The maximum Gasteiger partial charge on any atom is 0.281 e. The molecule has 0 aliphatic rings. The molecule has 0 atom stereocenters. The van der Waals surface area contributed by atoms with E-state index < -0.39 is 21.0 Å². The van der Waals surface area contributed by atoms with Gasteiger partial charge in [-0.3, -0.25) is 9.59 Å². The average Bonchev–Trinajstić information content (AvgIpc) is 2.90. The van der Waals surface area contributed by atoms with Crippen LogP contribution in [0.4, 0.5) is 5.82 Å². The molecule has 0 saturated heterocycles. The largest absolute Gasteiger partial charge is 0.438 e. The lowest BCUT2D eigenvalue weighted by Gasteiger charge is -2.16. The number of aromatic nitrogens is 2.